The van der Waals surface area contributed by atoms with E-state index in [1.807, 2.05) is 0 Å². The predicted octanol–water partition coefficient (Wildman–Crippen LogP) is 0.514. The lowest BCUT2D eigenvalue weighted by atomic mass is 10.2. The number of anilines is 1. The lowest BCUT2D eigenvalue weighted by Crippen LogP contribution is -2.44. The van der Waals surface area contributed by atoms with Crippen LogP contribution in [0.5, 0.6) is 5.75 Å². The zero-order chi connectivity index (χ0) is 14.5. The first-order valence-electron chi connectivity index (χ1n) is 6.65. The number of carbonyl (C=O) groups excluding carboxylic acids is 2. The summed E-state index contributed by atoms with van der Waals surface area (Å²) in [7, 11) is 0. The minimum atomic E-state index is -0.463. The maximum atomic E-state index is 12.0. The molecule has 20 heavy (non-hydrogen) atoms. The zero-order valence-electron chi connectivity index (χ0n) is 11.2. The van der Waals surface area contributed by atoms with Crippen molar-refractivity contribution in [3.8, 4) is 5.75 Å². The number of nitrogen functional groups attached to an aromatic ring is 1. The molecule has 4 N–H and O–H groups in total. The van der Waals surface area contributed by atoms with E-state index in [1.54, 1.807) is 29.2 Å². The van der Waals surface area contributed by atoms with Crippen LogP contribution in [-0.2, 0) is 9.59 Å². The van der Waals surface area contributed by atoms with Crippen LogP contribution in [0.15, 0.2) is 24.3 Å². The molecular weight excluding hydrogens is 258 g/mol. The Kier molecular flexibility index (Phi) is 4.45. The average Bonchev–Trinajstić information content (AvgIpc) is 2.88. The lowest BCUT2D eigenvalue weighted by Gasteiger charge is -2.22. The molecule has 0 bridgehead atoms. The van der Waals surface area contributed by atoms with Gasteiger partial charge in [-0.2, -0.15) is 0 Å². The molecule has 2 rings (SSSR count). The second kappa shape index (κ2) is 6.27. The first kappa shape index (κ1) is 14.2. The van der Waals surface area contributed by atoms with Crippen molar-refractivity contribution in [2.75, 3.05) is 18.9 Å². The van der Waals surface area contributed by atoms with E-state index >= 15 is 0 Å². The van der Waals surface area contributed by atoms with Crippen LogP contribution in [0, 0.1) is 0 Å². The Morgan fingerprint density at radius 3 is 2.90 bits per heavy atom. The second-order valence-electron chi connectivity index (χ2n) is 4.82. The molecule has 6 heteroatoms. The Balaban J connectivity index is 1.82. The third-order valence-corrected chi connectivity index (χ3v) is 3.34. The molecule has 1 aliphatic rings. The summed E-state index contributed by atoms with van der Waals surface area (Å²) in [5.41, 5.74) is 11.5. The molecule has 1 aromatic rings. The second-order valence-corrected chi connectivity index (χ2v) is 4.82. The van der Waals surface area contributed by atoms with Crippen LogP contribution in [0.1, 0.15) is 19.3 Å². The quantitative estimate of drug-likeness (QED) is 0.766. The molecule has 108 valence electrons. The minimum Gasteiger partial charge on any atom is -0.493 e. The number of ether oxygens (including phenoxy) is 1. The number of primary amides is 1. The number of likely N-dealkylation sites (tertiary alicyclic amines) is 1. The Labute approximate surface area is 117 Å². The van der Waals surface area contributed by atoms with Crippen molar-refractivity contribution in [1.29, 1.82) is 0 Å². The lowest BCUT2D eigenvalue weighted by molar-refractivity contribution is -0.137. The third kappa shape index (κ3) is 3.40. The van der Waals surface area contributed by atoms with E-state index in [0.717, 1.165) is 6.42 Å². The number of nitrogens with two attached hydrogens (primary N) is 2. The molecule has 1 atom stereocenters. The van der Waals surface area contributed by atoms with Gasteiger partial charge in [0.05, 0.1) is 13.0 Å². The van der Waals surface area contributed by atoms with E-state index in [1.165, 1.54) is 0 Å². The maximum absolute atomic E-state index is 12.0. The monoisotopic (exact) mass is 277 g/mol. The summed E-state index contributed by atoms with van der Waals surface area (Å²) >= 11 is 0. The van der Waals surface area contributed by atoms with E-state index in [0.29, 0.717) is 24.4 Å². The summed E-state index contributed by atoms with van der Waals surface area (Å²) in [6.45, 7) is 0.842. The first-order chi connectivity index (χ1) is 9.58. The van der Waals surface area contributed by atoms with E-state index in [9.17, 15) is 9.59 Å². The molecule has 6 nitrogen and oxygen atoms in total. The molecule has 0 aliphatic carbocycles. The van der Waals surface area contributed by atoms with E-state index in [4.69, 9.17) is 16.2 Å². The standard InChI is InChI=1S/C14H19N3O3/c15-10-3-1-4-11(9-10)20-8-6-13(18)17-7-2-5-12(17)14(16)19/h1,3-4,9,12H,2,5-8,15H2,(H2,16,19). The predicted molar refractivity (Wildman–Crippen MR) is 74.9 cm³/mol. The zero-order valence-corrected chi connectivity index (χ0v) is 11.2. The van der Waals surface area contributed by atoms with Gasteiger partial charge in [-0.05, 0) is 25.0 Å². The summed E-state index contributed by atoms with van der Waals surface area (Å²) in [4.78, 5) is 24.8. The van der Waals surface area contributed by atoms with E-state index in [-0.39, 0.29) is 18.9 Å². The first-order valence-corrected chi connectivity index (χ1v) is 6.65. The number of carbonyl (C=O) groups is 2. The molecule has 0 aromatic heterocycles. The Hall–Kier alpha value is -2.24. The number of rotatable bonds is 5. The van der Waals surface area contributed by atoms with Crippen molar-refractivity contribution in [2.24, 2.45) is 5.73 Å². The van der Waals surface area contributed by atoms with Gasteiger partial charge in [0.1, 0.15) is 11.8 Å². The van der Waals surface area contributed by atoms with Gasteiger partial charge < -0.3 is 21.1 Å². The summed E-state index contributed by atoms with van der Waals surface area (Å²) in [5, 5.41) is 0. The van der Waals surface area contributed by atoms with Crippen molar-refractivity contribution in [1.82, 2.24) is 4.90 Å². The van der Waals surface area contributed by atoms with Gasteiger partial charge in [0.2, 0.25) is 11.8 Å². The molecule has 0 saturated carbocycles. The number of hydrogen-bond donors (Lipinski definition) is 2. The molecule has 2 amide bonds. The minimum absolute atomic E-state index is 0.102. The summed E-state index contributed by atoms with van der Waals surface area (Å²) < 4.78 is 5.47. The van der Waals surface area contributed by atoms with Gasteiger partial charge in [-0.1, -0.05) is 6.07 Å². The van der Waals surface area contributed by atoms with Crippen molar-refractivity contribution in [2.45, 2.75) is 25.3 Å². The van der Waals surface area contributed by atoms with Gasteiger partial charge in [0, 0.05) is 18.3 Å². The molecule has 1 fully saturated rings. The molecular formula is C14H19N3O3. The van der Waals surface area contributed by atoms with Gasteiger partial charge in [-0.25, -0.2) is 0 Å². The number of benzene rings is 1. The molecule has 1 saturated heterocycles. The highest BCUT2D eigenvalue weighted by molar-refractivity contribution is 5.87. The SMILES string of the molecule is NC(=O)C1CCCN1C(=O)CCOc1cccc(N)c1. The number of hydrogen-bond acceptors (Lipinski definition) is 4. The summed E-state index contributed by atoms with van der Waals surface area (Å²) in [5.74, 6) is 0.0912. The van der Waals surface area contributed by atoms with Gasteiger partial charge >= 0.3 is 0 Å². The highest BCUT2D eigenvalue weighted by Gasteiger charge is 2.32. The van der Waals surface area contributed by atoms with Crippen LogP contribution in [-0.4, -0.2) is 35.9 Å². The topological polar surface area (TPSA) is 98.7 Å². The molecule has 1 aliphatic heterocycles. The Morgan fingerprint density at radius 1 is 1.40 bits per heavy atom. The fourth-order valence-electron chi connectivity index (χ4n) is 2.37. The Morgan fingerprint density at radius 2 is 2.20 bits per heavy atom. The van der Waals surface area contributed by atoms with E-state index in [2.05, 4.69) is 0 Å². The average molecular weight is 277 g/mol. The number of amides is 2. The smallest absolute Gasteiger partial charge is 0.240 e. The summed E-state index contributed by atoms with van der Waals surface area (Å²) in [6.07, 6.45) is 1.69. The highest BCUT2D eigenvalue weighted by atomic mass is 16.5. The molecule has 1 unspecified atom stereocenters. The highest BCUT2D eigenvalue weighted by Crippen LogP contribution is 2.18. The van der Waals surface area contributed by atoms with Crippen molar-refractivity contribution in [3.05, 3.63) is 24.3 Å². The van der Waals surface area contributed by atoms with Crippen LogP contribution in [0.3, 0.4) is 0 Å². The van der Waals surface area contributed by atoms with Crippen LogP contribution in [0.25, 0.3) is 0 Å². The van der Waals surface area contributed by atoms with Crippen LogP contribution in [0.2, 0.25) is 0 Å². The Bertz CT molecular complexity index is 504. The van der Waals surface area contributed by atoms with Crippen molar-refractivity contribution >= 4 is 17.5 Å². The van der Waals surface area contributed by atoms with Crippen LogP contribution >= 0.6 is 0 Å². The van der Waals surface area contributed by atoms with Gasteiger partial charge in [0.25, 0.3) is 0 Å². The third-order valence-electron chi connectivity index (χ3n) is 3.34. The fraction of sp³-hybridized carbons (Fsp3) is 0.429. The number of nitrogens with zero attached hydrogens (tertiary/aromatic N) is 1. The van der Waals surface area contributed by atoms with Gasteiger partial charge in [-0.15, -0.1) is 0 Å². The van der Waals surface area contributed by atoms with Crippen LogP contribution in [0.4, 0.5) is 5.69 Å². The molecule has 1 aromatic carbocycles. The van der Waals surface area contributed by atoms with Crippen LogP contribution < -0.4 is 16.2 Å². The van der Waals surface area contributed by atoms with Gasteiger partial charge in [-0.3, -0.25) is 9.59 Å². The molecule has 1 heterocycles. The molecule has 0 radical (unpaired) electrons. The maximum Gasteiger partial charge on any atom is 0.240 e. The summed E-state index contributed by atoms with van der Waals surface area (Å²) in [6, 6.07) is 6.57. The normalized spacial score (nSPS) is 18.0. The van der Waals surface area contributed by atoms with Crippen molar-refractivity contribution in [3.63, 3.8) is 0 Å². The fourth-order valence-corrected chi connectivity index (χ4v) is 2.37. The van der Waals surface area contributed by atoms with E-state index < -0.39 is 11.9 Å². The largest absolute Gasteiger partial charge is 0.493 e. The van der Waals surface area contributed by atoms with Crippen molar-refractivity contribution < 1.29 is 14.3 Å². The van der Waals surface area contributed by atoms with Gasteiger partial charge in [0.15, 0.2) is 0 Å². The molecule has 0 spiro atoms.